The molecule has 28 heavy (non-hydrogen) atoms. The molecule has 3 aromatic carbocycles. The van der Waals surface area contributed by atoms with Gasteiger partial charge in [0.1, 0.15) is 5.60 Å². The monoisotopic (exact) mass is 393 g/mol. The highest BCUT2D eigenvalue weighted by Gasteiger charge is 2.39. The quantitative estimate of drug-likeness (QED) is 0.353. The Labute approximate surface area is 173 Å². The van der Waals surface area contributed by atoms with Gasteiger partial charge in [0.25, 0.3) is 0 Å². The largest absolute Gasteiger partial charge is 0.361 e. The van der Waals surface area contributed by atoms with Crippen molar-refractivity contribution in [1.82, 2.24) is 0 Å². The van der Waals surface area contributed by atoms with Gasteiger partial charge in [0.05, 0.1) is 0 Å². The average molecular weight is 394 g/mol. The Morgan fingerprint density at radius 1 is 0.786 bits per heavy atom. The van der Waals surface area contributed by atoms with Crippen molar-refractivity contribution in [2.75, 3.05) is 13.2 Å². The van der Waals surface area contributed by atoms with E-state index in [-0.39, 0.29) is 0 Å². The van der Waals surface area contributed by atoms with Gasteiger partial charge in [-0.1, -0.05) is 90.0 Å². The number of nitrogens with two attached hydrogens (primary N) is 1. The smallest absolute Gasteiger partial charge is 0.145 e. The highest BCUT2D eigenvalue weighted by atomic mass is 35.5. The average Bonchev–Trinajstić information content (AvgIpc) is 2.73. The van der Waals surface area contributed by atoms with E-state index in [0.29, 0.717) is 18.2 Å². The Kier molecular flexibility index (Phi) is 7.27. The third kappa shape index (κ3) is 4.47. The first kappa shape index (κ1) is 20.6. The highest BCUT2D eigenvalue weighted by Crippen LogP contribution is 2.43. The Balaban J connectivity index is 2.14. The minimum Gasteiger partial charge on any atom is -0.361 e. The maximum absolute atomic E-state index is 6.73. The van der Waals surface area contributed by atoms with Crippen LogP contribution in [0.15, 0.2) is 78.9 Å². The molecule has 1 atom stereocenters. The third-order valence-corrected chi connectivity index (χ3v) is 5.39. The molecule has 3 heteroatoms. The van der Waals surface area contributed by atoms with Gasteiger partial charge in [0, 0.05) is 17.2 Å². The van der Waals surface area contributed by atoms with E-state index in [2.05, 4.69) is 49.4 Å². The molecular weight excluding hydrogens is 366 g/mol. The van der Waals surface area contributed by atoms with E-state index in [1.807, 2.05) is 36.4 Å². The summed E-state index contributed by atoms with van der Waals surface area (Å²) in [5.74, 6) is 0. The fraction of sp³-hybridized carbons (Fsp3) is 0.280. The second-order valence-electron chi connectivity index (χ2n) is 7.09. The molecule has 1 unspecified atom stereocenters. The zero-order chi connectivity index (χ0) is 19.8. The summed E-state index contributed by atoms with van der Waals surface area (Å²) in [4.78, 5) is 0. The second kappa shape index (κ2) is 9.88. The van der Waals surface area contributed by atoms with E-state index >= 15 is 0 Å². The minimum absolute atomic E-state index is 0.633. The van der Waals surface area contributed by atoms with Crippen molar-refractivity contribution in [3.63, 3.8) is 0 Å². The molecule has 0 saturated carbocycles. The predicted octanol–water partition coefficient (Wildman–Crippen LogP) is 6.09. The summed E-state index contributed by atoms with van der Waals surface area (Å²) in [5, 5.41) is 0.703. The lowest BCUT2D eigenvalue weighted by Gasteiger charge is -2.36. The van der Waals surface area contributed by atoms with Crippen LogP contribution in [0, 0.1) is 6.92 Å². The number of aryl methyl sites for hydroxylation is 1. The molecule has 0 aromatic heterocycles. The molecule has 0 saturated heterocycles. The van der Waals surface area contributed by atoms with Gasteiger partial charge in [-0.05, 0) is 49.9 Å². The normalized spacial score (nSPS) is 13.2. The molecule has 3 aromatic rings. The third-order valence-electron chi connectivity index (χ3n) is 5.06. The van der Waals surface area contributed by atoms with Gasteiger partial charge in [-0.25, -0.2) is 0 Å². The van der Waals surface area contributed by atoms with Gasteiger partial charge in [-0.3, -0.25) is 0 Å². The first-order valence-corrected chi connectivity index (χ1v) is 10.3. The van der Waals surface area contributed by atoms with Crippen molar-refractivity contribution in [3.05, 3.63) is 106 Å². The molecule has 2 nitrogen and oxygen atoms in total. The van der Waals surface area contributed by atoms with E-state index in [1.54, 1.807) is 0 Å². The van der Waals surface area contributed by atoms with Gasteiger partial charge >= 0.3 is 0 Å². The van der Waals surface area contributed by atoms with Crippen LogP contribution in [-0.2, 0) is 10.3 Å². The summed E-state index contributed by atoms with van der Waals surface area (Å²) < 4.78 is 6.73. The molecule has 0 heterocycles. The number of rotatable bonds is 9. The number of hydrogen-bond acceptors (Lipinski definition) is 2. The Morgan fingerprint density at radius 3 is 2.11 bits per heavy atom. The van der Waals surface area contributed by atoms with Crippen molar-refractivity contribution >= 4 is 11.6 Å². The summed E-state index contributed by atoms with van der Waals surface area (Å²) in [6.45, 7) is 3.44. The van der Waals surface area contributed by atoms with Crippen molar-refractivity contribution in [2.45, 2.75) is 31.8 Å². The second-order valence-corrected chi connectivity index (χ2v) is 7.50. The van der Waals surface area contributed by atoms with E-state index in [1.165, 1.54) is 5.56 Å². The van der Waals surface area contributed by atoms with Gasteiger partial charge < -0.3 is 10.5 Å². The lowest BCUT2D eigenvalue weighted by Crippen LogP contribution is -2.33. The van der Waals surface area contributed by atoms with Crippen molar-refractivity contribution in [2.24, 2.45) is 5.73 Å². The van der Waals surface area contributed by atoms with Crippen LogP contribution in [0.25, 0.3) is 0 Å². The maximum Gasteiger partial charge on any atom is 0.145 e. The van der Waals surface area contributed by atoms with Crippen LogP contribution in [0.1, 0.15) is 41.5 Å². The number of unbranched alkanes of at least 4 members (excludes halogenated alkanes) is 2. The van der Waals surface area contributed by atoms with Gasteiger partial charge in [0.15, 0.2) is 0 Å². The molecule has 146 valence electrons. The first-order chi connectivity index (χ1) is 13.7. The fourth-order valence-corrected chi connectivity index (χ4v) is 3.85. The lowest BCUT2D eigenvalue weighted by atomic mass is 9.79. The summed E-state index contributed by atoms with van der Waals surface area (Å²) in [7, 11) is 0. The molecule has 0 amide bonds. The molecule has 0 spiro atoms. The minimum atomic E-state index is -0.754. The van der Waals surface area contributed by atoms with E-state index < -0.39 is 5.60 Å². The van der Waals surface area contributed by atoms with Crippen LogP contribution in [0.3, 0.4) is 0 Å². The van der Waals surface area contributed by atoms with Gasteiger partial charge in [-0.2, -0.15) is 0 Å². The van der Waals surface area contributed by atoms with Crippen LogP contribution in [0.4, 0.5) is 0 Å². The van der Waals surface area contributed by atoms with Gasteiger partial charge in [0.2, 0.25) is 0 Å². The SMILES string of the molecule is Cc1ccc(C(OCCCCCN)(c2ccccc2)c2ccccc2Cl)cc1. The molecule has 0 bridgehead atoms. The zero-order valence-corrected chi connectivity index (χ0v) is 17.2. The Hall–Kier alpha value is -2.13. The fourth-order valence-electron chi connectivity index (χ4n) is 3.58. The van der Waals surface area contributed by atoms with E-state index in [0.717, 1.165) is 36.0 Å². The zero-order valence-electron chi connectivity index (χ0n) is 16.4. The number of hydrogen-bond donors (Lipinski definition) is 1. The number of ether oxygens (including phenoxy) is 1. The van der Waals surface area contributed by atoms with E-state index in [9.17, 15) is 0 Å². The number of halogens is 1. The molecule has 3 rings (SSSR count). The highest BCUT2D eigenvalue weighted by molar-refractivity contribution is 6.31. The van der Waals surface area contributed by atoms with Crippen LogP contribution in [0.5, 0.6) is 0 Å². The maximum atomic E-state index is 6.73. The van der Waals surface area contributed by atoms with Gasteiger partial charge in [-0.15, -0.1) is 0 Å². The number of benzene rings is 3. The Morgan fingerprint density at radius 2 is 1.43 bits per heavy atom. The molecule has 0 aliphatic carbocycles. The standard InChI is InChI=1S/C25H28ClNO/c1-20-14-16-22(17-15-20)25(21-10-4-2-5-11-21,28-19-9-3-8-18-27)23-12-6-7-13-24(23)26/h2,4-7,10-17H,3,8-9,18-19,27H2,1H3. The molecular formula is C25H28ClNO. The molecule has 0 fully saturated rings. The Bertz CT molecular complexity index is 863. The van der Waals surface area contributed by atoms with Crippen LogP contribution in [-0.4, -0.2) is 13.2 Å². The topological polar surface area (TPSA) is 35.2 Å². The van der Waals surface area contributed by atoms with Crippen LogP contribution < -0.4 is 5.73 Å². The summed E-state index contributed by atoms with van der Waals surface area (Å²) in [5.41, 5.74) is 9.23. The van der Waals surface area contributed by atoms with Crippen LogP contribution >= 0.6 is 11.6 Å². The summed E-state index contributed by atoms with van der Waals surface area (Å²) in [6, 6.07) is 26.9. The molecule has 0 aliphatic rings. The summed E-state index contributed by atoms with van der Waals surface area (Å²) in [6.07, 6.45) is 3.03. The molecule has 0 radical (unpaired) electrons. The molecule has 0 aliphatic heterocycles. The first-order valence-electron chi connectivity index (χ1n) is 9.90. The lowest BCUT2D eigenvalue weighted by molar-refractivity contribution is 0.0108. The predicted molar refractivity (Wildman–Crippen MR) is 118 cm³/mol. The van der Waals surface area contributed by atoms with E-state index in [4.69, 9.17) is 22.1 Å². The van der Waals surface area contributed by atoms with Crippen molar-refractivity contribution in [1.29, 1.82) is 0 Å². The van der Waals surface area contributed by atoms with Crippen LogP contribution in [0.2, 0.25) is 5.02 Å². The van der Waals surface area contributed by atoms with Crippen molar-refractivity contribution in [3.8, 4) is 0 Å². The molecule has 2 N–H and O–H groups in total. The van der Waals surface area contributed by atoms with Crippen molar-refractivity contribution < 1.29 is 4.74 Å². The summed E-state index contributed by atoms with van der Waals surface area (Å²) >= 11 is 6.71.